The van der Waals surface area contributed by atoms with Gasteiger partial charge >= 0.3 is 0 Å². The first-order valence-corrected chi connectivity index (χ1v) is 6.12. The second-order valence-electron chi connectivity index (χ2n) is 4.90. The van der Waals surface area contributed by atoms with Crippen molar-refractivity contribution >= 4 is 22.8 Å². The van der Waals surface area contributed by atoms with E-state index >= 15 is 0 Å². The fourth-order valence-corrected chi connectivity index (χ4v) is 1.93. The molecule has 1 unspecified atom stereocenters. The van der Waals surface area contributed by atoms with Crippen molar-refractivity contribution in [2.24, 2.45) is 5.92 Å². The van der Waals surface area contributed by atoms with E-state index in [0.29, 0.717) is 23.2 Å². The Kier molecular flexibility index (Phi) is 3.72. The number of rotatable bonds is 5. The lowest BCUT2D eigenvalue weighted by atomic mass is 10.0. The summed E-state index contributed by atoms with van der Waals surface area (Å²) in [5, 5.41) is 12.4. The van der Waals surface area contributed by atoms with Crippen molar-refractivity contribution in [1.29, 1.82) is 0 Å². The summed E-state index contributed by atoms with van der Waals surface area (Å²) in [6, 6.07) is 5.71. The van der Waals surface area contributed by atoms with Gasteiger partial charge in [0.1, 0.15) is 5.52 Å². The summed E-state index contributed by atoms with van der Waals surface area (Å²) in [5.74, 6) is 0.495. The van der Waals surface area contributed by atoms with E-state index in [2.05, 4.69) is 24.1 Å². The summed E-state index contributed by atoms with van der Waals surface area (Å²) in [6.07, 6.45) is 0.858. The fourth-order valence-electron chi connectivity index (χ4n) is 1.93. The standard InChI is InChI=1S/C13H19N3O2/c1-8(2)5-10(7-17)15-13-16-11-6-9(14)3-4-12(11)18-13/h3-4,6,8,10,17H,5,7,14H2,1-2H3,(H,15,16). The highest BCUT2D eigenvalue weighted by molar-refractivity contribution is 5.78. The van der Waals surface area contributed by atoms with Gasteiger partial charge < -0.3 is 20.6 Å². The number of fused-ring (bicyclic) bond motifs is 1. The van der Waals surface area contributed by atoms with E-state index in [1.165, 1.54) is 0 Å². The molecule has 0 fully saturated rings. The predicted molar refractivity (Wildman–Crippen MR) is 72.4 cm³/mol. The van der Waals surface area contributed by atoms with Crippen molar-refractivity contribution in [3.8, 4) is 0 Å². The number of benzene rings is 1. The Balaban J connectivity index is 2.15. The highest BCUT2D eigenvalue weighted by atomic mass is 16.4. The van der Waals surface area contributed by atoms with Crippen molar-refractivity contribution in [2.75, 3.05) is 17.7 Å². The molecule has 5 nitrogen and oxygen atoms in total. The van der Waals surface area contributed by atoms with Crippen molar-refractivity contribution in [1.82, 2.24) is 4.98 Å². The number of oxazole rings is 1. The van der Waals surface area contributed by atoms with Crippen molar-refractivity contribution in [2.45, 2.75) is 26.3 Å². The van der Waals surface area contributed by atoms with Gasteiger partial charge in [-0.25, -0.2) is 0 Å². The van der Waals surface area contributed by atoms with Crippen molar-refractivity contribution in [3.63, 3.8) is 0 Å². The van der Waals surface area contributed by atoms with Gasteiger partial charge in [0, 0.05) is 5.69 Å². The molecule has 18 heavy (non-hydrogen) atoms. The van der Waals surface area contributed by atoms with Crippen molar-refractivity contribution in [3.05, 3.63) is 18.2 Å². The number of hydrogen-bond acceptors (Lipinski definition) is 5. The van der Waals surface area contributed by atoms with E-state index in [0.717, 1.165) is 11.9 Å². The van der Waals surface area contributed by atoms with E-state index in [-0.39, 0.29) is 12.6 Å². The Morgan fingerprint density at radius 1 is 1.44 bits per heavy atom. The minimum absolute atomic E-state index is 0.0459. The molecular formula is C13H19N3O2. The lowest BCUT2D eigenvalue weighted by molar-refractivity contribution is 0.257. The molecule has 0 aliphatic rings. The van der Waals surface area contributed by atoms with Gasteiger partial charge in [-0.1, -0.05) is 13.8 Å². The van der Waals surface area contributed by atoms with Crippen LogP contribution in [0.3, 0.4) is 0 Å². The number of anilines is 2. The first-order chi connectivity index (χ1) is 8.58. The second kappa shape index (κ2) is 5.27. The van der Waals surface area contributed by atoms with E-state index in [9.17, 15) is 5.11 Å². The van der Waals surface area contributed by atoms with Gasteiger partial charge in [0.15, 0.2) is 5.58 Å². The number of aromatic nitrogens is 1. The van der Waals surface area contributed by atoms with E-state index < -0.39 is 0 Å². The lowest BCUT2D eigenvalue weighted by Crippen LogP contribution is -2.25. The third-order valence-electron chi connectivity index (χ3n) is 2.72. The van der Waals surface area contributed by atoms with Crippen LogP contribution in [0.25, 0.3) is 11.1 Å². The van der Waals surface area contributed by atoms with Gasteiger partial charge in [-0.05, 0) is 30.5 Å². The maximum absolute atomic E-state index is 9.30. The Hall–Kier alpha value is -1.75. The Bertz CT molecular complexity index is 522. The molecule has 0 radical (unpaired) electrons. The molecule has 0 aliphatic carbocycles. The maximum atomic E-state index is 9.30. The molecule has 0 saturated carbocycles. The molecule has 98 valence electrons. The number of nitrogens with two attached hydrogens (primary N) is 1. The summed E-state index contributed by atoms with van der Waals surface area (Å²) in [5.41, 5.74) is 7.75. The van der Waals surface area contributed by atoms with E-state index in [4.69, 9.17) is 10.2 Å². The molecule has 2 aromatic rings. The van der Waals surface area contributed by atoms with Crippen LogP contribution < -0.4 is 11.1 Å². The number of nitrogen functional groups attached to an aromatic ring is 1. The molecule has 1 atom stereocenters. The van der Waals surface area contributed by atoms with Crippen LogP contribution in [0, 0.1) is 5.92 Å². The Morgan fingerprint density at radius 2 is 2.22 bits per heavy atom. The molecule has 0 spiro atoms. The molecular weight excluding hydrogens is 230 g/mol. The number of aliphatic hydroxyl groups is 1. The molecule has 1 aromatic heterocycles. The summed E-state index contributed by atoms with van der Waals surface area (Å²) in [6.45, 7) is 4.27. The van der Waals surface area contributed by atoms with Crippen LogP contribution in [0.5, 0.6) is 0 Å². The van der Waals surface area contributed by atoms with E-state index in [1.807, 2.05) is 0 Å². The maximum Gasteiger partial charge on any atom is 0.295 e. The third-order valence-corrected chi connectivity index (χ3v) is 2.72. The Morgan fingerprint density at radius 3 is 2.89 bits per heavy atom. The zero-order chi connectivity index (χ0) is 13.1. The topological polar surface area (TPSA) is 84.3 Å². The first-order valence-electron chi connectivity index (χ1n) is 6.12. The zero-order valence-corrected chi connectivity index (χ0v) is 10.7. The van der Waals surface area contributed by atoms with Crippen LogP contribution in [-0.4, -0.2) is 22.7 Å². The molecule has 0 saturated heterocycles. The summed E-state index contributed by atoms with van der Waals surface area (Å²) in [4.78, 5) is 4.30. The van der Waals surface area contributed by atoms with Gasteiger partial charge in [0.2, 0.25) is 0 Å². The lowest BCUT2D eigenvalue weighted by Gasteiger charge is -2.16. The van der Waals surface area contributed by atoms with Gasteiger partial charge in [0.05, 0.1) is 12.6 Å². The molecule has 4 N–H and O–H groups in total. The highest BCUT2D eigenvalue weighted by Gasteiger charge is 2.13. The molecule has 0 amide bonds. The summed E-state index contributed by atoms with van der Waals surface area (Å²) >= 11 is 0. The summed E-state index contributed by atoms with van der Waals surface area (Å²) in [7, 11) is 0. The van der Waals surface area contributed by atoms with Gasteiger partial charge in [-0.2, -0.15) is 4.98 Å². The smallest absolute Gasteiger partial charge is 0.295 e. The van der Waals surface area contributed by atoms with Gasteiger partial charge in [0.25, 0.3) is 6.01 Å². The minimum atomic E-state index is -0.0459. The molecule has 5 heteroatoms. The average molecular weight is 249 g/mol. The third kappa shape index (κ3) is 2.92. The van der Waals surface area contributed by atoms with Crippen molar-refractivity contribution < 1.29 is 9.52 Å². The summed E-state index contributed by atoms with van der Waals surface area (Å²) < 4.78 is 5.55. The van der Waals surface area contributed by atoms with Crippen LogP contribution in [0.2, 0.25) is 0 Å². The number of nitrogens with zero attached hydrogens (tertiary/aromatic N) is 1. The molecule has 0 bridgehead atoms. The highest BCUT2D eigenvalue weighted by Crippen LogP contribution is 2.22. The normalized spacial score (nSPS) is 13.1. The van der Waals surface area contributed by atoms with Gasteiger partial charge in [-0.3, -0.25) is 0 Å². The van der Waals surface area contributed by atoms with Crippen LogP contribution >= 0.6 is 0 Å². The average Bonchev–Trinajstić information content (AvgIpc) is 2.68. The largest absolute Gasteiger partial charge is 0.424 e. The quantitative estimate of drug-likeness (QED) is 0.708. The first kappa shape index (κ1) is 12.7. The van der Waals surface area contributed by atoms with E-state index in [1.54, 1.807) is 18.2 Å². The minimum Gasteiger partial charge on any atom is -0.424 e. The monoisotopic (exact) mass is 249 g/mol. The fraction of sp³-hybridized carbons (Fsp3) is 0.462. The number of hydrogen-bond donors (Lipinski definition) is 3. The molecule has 2 rings (SSSR count). The van der Waals surface area contributed by atoms with Crippen LogP contribution in [0.1, 0.15) is 20.3 Å². The zero-order valence-electron chi connectivity index (χ0n) is 10.7. The molecule has 1 aromatic carbocycles. The van der Waals surface area contributed by atoms with Crippen LogP contribution in [-0.2, 0) is 0 Å². The Labute approximate surface area is 106 Å². The van der Waals surface area contributed by atoms with Crippen LogP contribution in [0.4, 0.5) is 11.7 Å². The molecule has 1 heterocycles. The second-order valence-corrected chi connectivity index (χ2v) is 4.90. The van der Waals surface area contributed by atoms with Crippen LogP contribution in [0.15, 0.2) is 22.6 Å². The molecule has 0 aliphatic heterocycles. The number of aliphatic hydroxyl groups excluding tert-OH is 1. The van der Waals surface area contributed by atoms with Gasteiger partial charge in [-0.15, -0.1) is 0 Å². The SMILES string of the molecule is CC(C)CC(CO)Nc1nc2cc(N)ccc2o1. The number of nitrogens with one attached hydrogen (secondary N) is 1. The predicted octanol–water partition coefficient (Wildman–Crippen LogP) is 2.23.